The number of nitrogens with zero attached hydrogens (tertiary/aromatic N) is 5. The fraction of sp³-hybridized carbons (Fsp3) is 0.600. The van der Waals surface area contributed by atoms with Crippen molar-refractivity contribution in [2.45, 2.75) is 50.9 Å². The van der Waals surface area contributed by atoms with Crippen molar-refractivity contribution in [1.29, 1.82) is 0 Å². The summed E-state index contributed by atoms with van der Waals surface area (Å²) in [4.78, 5) is 30.0. The molecule has 1 amide bonds. The van der Waals surface area contributed by atoms with E-state index in [1.165, 1.54) is 12.1 Å². The lowest BCUT2D eigenvalue weighted by Crippen LogP contribution is -2.32. The minimum absolute atomic E-state index is 0.0706. The Morgan fingerprint density at radius 2 is 1.68 bits per heavy atom. The van der Waals surface area contributed by atoms with Crippen molar-refractivity contribution in [3.63, 3.8) is 0 Å². The fourth-order valence-corrected chi connectivity index (χ4v) is 4.33. The Kier molecular flexibility index (Phi) is 9.90. The Hall–Kier alpha value is -3.15. The van der Waals surface area contributed by atoms with Crippen molar-refractivity contribution in [1.82, 2.24) is 25.2 Å². The van der Waals surface area contributed by atoms with Gasteiger partial charge in [0.15, 0.2) is 0 Å². The monoisotopic (exact) mass is 522 g/mol. The van der Waals surface area contributed by atoms with Gasteiger partial charge in [-0.3, -0.25) is 4.79 Å². The standard InChI is InChI=1S/C25H37F3N8O/c1-29-22-32-23(34-24(33-22)36(4)14-13-35(2)3)31-19-11-9-17(10-12-19)15-21(37)30-16-18-7-5-6-8-20(18)25(26,27)28/h5-8,17,19H,9-16H2,1-4H3,(H,30,37)(H2,29,31,32,33,34). The molecule has 1 saturated carbocycles. The quantitative estimate of drug-likeness (QED) is 0.412. The number of carbonyl (C=O) groups is 1. The predicted molar refractivity (Wildman–Crippen MR) is 138 cm³/mol. The second kappa shape index (κ2) is 12.9. The molecule has 0 bridgehead atoms. The highest BCUT2D eigenvalue weighted by molar-refractivity contribution is 5.76. The normalized spacial score (nSPS) is 17.9. The number of likely N-dealkylation sites (N-methyl/N-ethyl adjacent to an activating group) is 2. The van der Waals surface area contributed by atoms with E-state index >= 15 is 0 Å². The van der Waals surface area contributed by atoms with E-state index in [0.29, 0.717) is 24.3 Å². The Morgan fingerprint density at radius 3 is 2.32 bits per heavy atom. The summed E-state index contributed by atoms with van der Waals surface area (Å²) in [7, 11) is 7.74. The van der Waals surface area contributed by atoms with Crippen LogP contribution in [0.5, 0.6) is 0 Å². The van der Waals surface area contributed by atoms with Gasteiger partial charge in [-0.15, -0.1) is 0 Å². The van der Waals surface area contributed by atoms with E-state index in [0.717, 1.165) is 44.8 Å². The van der Waals surface area contributed by atoms with Gasteiger partial charge in [0.25, 0.3) is 0 Å². The van der Waals surface area contributed by atoms with Gasteiger partial charge < -0.3 is 25.8 Å². The van der Waals surface area contributed by atoms with E-state index in [-0.39, 0.29) is 30.0 Å². The molecule has 0 spiro atoms. The van der Waals surface area contributed by atoms with E-state index in [1.807, 2.05) is 26.0 Å². The van der Waals surface area contributed by atoms with Crippen molar-refractivity contribution >= 4 is 23.8 Å². The first-order valence-corrected chi connectivity index (χ1v) is 12.5. The number of hydrogen-bond donors (Lipinski definition) is 3. The summed E-state index contributed by atoms with van der Waals surface area (Å²) in [6.07, 6.45) is -0.769. The van der Waals surface area contributed by atoms with E-state index in [4.69, 9.17) is 0 Å². The Labute approximate surface area is 216 Å². The van der Waals surface area contributed by atoms with Crippen molar-refractivity contribution < 1.29 is 18.0 Å². The summed E-state index contributed by atoms with van der Waals surface area (Å²) in [6.45, 7) is 1.50. The summed E-state index contributed by atoms with van der Waals surface area (Å²) >= 11 is 0. The molecule has 3 rings (SSSR count). The van der Waals surface area contributed by atoms with Crippen LogP contribution in [-0.4, -0.2) is 73.1 Å². The van der Waals surface area contributed by atoms with Crippen LogP contribution in [-0.2, 0) is 17.5 Å². The Morgan fingerprint density at radius 1 is 1.00 bits per heavy atom. The van der Waals surface area contributed by atoms with Crippen molar-refractivity contribution in [2.24, 2.45) is 5.92 Å². The van der Waals surface area contributed by atoms with Crippen molar-refractivity contribution in [3.05, 3.63) is 35.4 Å². The van der Waals surface area contributed by atoms with Gasteiger partial charge in [-0.05, 0) is 57.3 Å². The number of aromatic nitrogens is 3. The molecular formula is C25H37F3N8O. The minimum Gasteiger partial charge on any atom is -0.357 e. The molecule has 12 heteroatoms. The molecule has 1 heterocycles. The van der Waals surface area contributed by atoms with Gasteiger partial charge in [-0.2, -0.15) is 28.1 Å². The summed E-state index contributed by atoms with van der Waals surface area (Å²) in [5.41, 5.74) is -0.644. The van der Waals surface area contributed by atoms with Crippen LogP contribution in [0.1, 0.15) is 43.2 Å². The minimum atomic E-state index is -4.44. The van der Waals surface area contributed by atoms with Gasteiger partial charge in [0.1, 0.15) is 0 Å². The molecular weight excluding hydrogens is 485 g/mol. The highest BCUT2D eigenvalue weighted by atomic mass is 19.4. The van der Waals surface area contributed by atoms with Crippen LogP contribution in [0.4, 0.5) is 31.0 Å². The smallest absolute Gasteiger partial charge is 0.357 e. The number of halogens is 3. The van der Waals surface area contributed by atoms with E-state index < -0.39 is 11.7 Å². The molecule has 1 aliphatic carbocycles. The van der Waals surface area contributed by atoms with Crippen LogP contribution in [0.3, 0.4) is 0 Å². The molecule has 1 aromatic heterocycles. The first-order chi connectivity index (χ1) is 17.5. The molecule has 0 radical (unpaired) electrons. The summed E-state index contributed by atoms with van der Waals surface area (Å²) in [5, 5.41) is 9.05. The third-order valence-electron chi connectivity index (χ3n) is 6.52. The molecule has 1 aromatic carbocycles. The van der Waals surface area contributed by atoms with Crippen LogP contribution in [0.25, 0.3) is 0 Å². The van der Waals surface area contributed by atoms with E-state index in [9.17, 15) is 18.0 Å². The molecule has 204 valence electrons. The third kappa shape index (κ3) is 8.73. The molecule has 0 saturated heterocycles. The SMILES string of the molecule is CNc1nc(NC2CCC(CC(=O)NCc3ccccc3C(F)(F)F)CC2)nc(N(C)CCN(C)C)n1. The lowest BCUT2D eigenvalue weighted by molar-refractivity contribution is -0.138. The summed E-state index contributed by atoms with van der Waals surface area (Å²) in [6, 6.07) is 5.49. The number of amides is 1. The fourth-order valence-electron chi connectivity index (χ4n) is 4.33. The number of alkyl halides is 3. The molecule has 1 aliphatic rings. The van der Waals surface area contributed by atoms with E-state index in [1.54, 1.807) is 13.1 Å². The van der Waals surface area contributed by atoms with Crippen LogP contribution < -0.4 is 20.9 Å². The maximum Gasteiger partial charge on any atom is 0.416 e. The van der Waals surface area contributed by atoms with Crippen molar-refractivity contribution in [2.75, 3.05) is 56.8 Å². The highest BCUT2D eigenvalue weighted by Gasteiger charge is 2.33. The lowest BCUT2D eigenvalue weighted by atomic mass is 9.84. The first-order valence-electron chi connectivity index (χ1n) is 12.5. The van der Waals surface area contributed by atoms with Crippen LogP contribution in [0, 0.1) is 5.92 Å². The third-order valence-corrected chi connectivity index (χ3v) is 6.52. The lowest BCUT2D eigenvalue weighted by Gasteiger charge is -2.29. The molecule has 0 unspecified atom stereocenters. The number of benzene rings is 1. The Balaban J connectivity index is 1.48. The number of rotatable bonds is 11. The Bertz CT molecular complexity index is 1030. The van der Waals surface area contributed by atoms with Crippen LogP contribution in [0.2, 0.25) is 0 Å². The van der Waals surface area contributed by atoms with Crippen LogP contribution in [0.15, 0.2) is 24.3 Å². The molecule has 1 fully saturated rings. The first kappa shape index (κ1) is 28.4. The average molecular weight is 523 g/mol. The number of hydrogen-bond acceptors (Lipinski definition) is 8. The highest BCUT2D eigenvalue weighted by Crippen LogP contribution is 2.32. The van der Waals surface area contributed by atoms with Crippen molar-refractivity contribution in [3.8, 4) is 0 Å². The second-order valence-electron chi connectivity index (χ2n) is 9.76. The largest absolute Gasteiger partial charge is 0.416 e. The maximum atomic E-state index is 13.2. The van der Waals surface area contributed by atoms with Gasteiger partial charge in [-0.25, -0.2) is 0 Å². The predicted octanol–water partition coefficient (Wildman–Crippen LogP) is 3.61. The summed E-state index contributed by atoms with van der Waals surface area (Å²) < 4.78 is 39.5. The molecule has 37 heavy (non-hydrogen) atoms. The van der Waals surface area contributed by atoms with Gasteiger partial charge in [0.2, 0.25) is 23.8 Å². The molecule has 0 aliphatic heterocycles. The molecule has 0 atom stereocenters. The number of nitrogens with one attached hydrogen (secondary N) is 3. The zero-order chi connectivity index (χ0) is 27.0. The van der Waals surface area contributed by atoms with Crippen LogP contribution >= 0.6 is 0 Å². The maximum absolute atomic E-state index is 13.2. The van der Waals surface area contributed by atoms with E-state index in [2.05, 4.69) is 35.8 Å². The van der Waals surface area contributed by atoms with Gasteiger partial charge in [0.05, 0.1) is 5.56 Å². The van der Waals surface area contributed by atoms with Gasteiger partial charge >= 0.3 is 6.18 Å². The molecule has 2 aromatic rings. The van der Waals surface area contributed by atoms with Gasteiger partial charge in [-0.1, -0.05) is 18.2 Å². The number of carbonyl (C=O) groups excluding carboxylic acids is 1. The average Bonchev–Trinajstić information content (AvgIpc) is 2.86. The molecule has 9 nitrogen and oxygen atoms in total. The zero-order valence-corrected chi connectivity index (χ0v) is 21.9. The molecule has 3 N–H and O–H groups in total. The topological polar surface area (TPSA) is 98.3 Å². The summed E-state index contributed by atoms with van der Waals surface area (Å²) in [5.74, 6) is 1.54. The zero-order valence-electron chi connectivity index (χ0n) is 21.9. The van der Waals surface area contributed by atoms with Gasteiger partial charge in [0, 0.05) is 46.2 Å². The number of anilines is 3. The second-order valence-corrected chi connectivity index (χ2v) is 9.76.